The van der Waals surface area contributed by atoms with Crippen molar-refractivity contribution < 1.29 is 28.2 Å². The third-order valence-electron chi connectivity index (χ3n) is 5.81. The molecule has 8 nitrogen and oxygen atoms in total. The van der Waals surface area contributed by atoms with E-state index in [-0.39, 0.29) is 40.2 Å². The van der Waals surface area contributed by atoms with E-state index < -0.39 is 35.4 Å². The molecule has 0 unspecified atom stereocenters. The van der Waals surface area contributed by atoms with Crippen LogP contribution in [0.5, 0.6) is 5.75 Å². The van der Waals surface area contributed by atoms with Gasteiger partial charge in [-0.15, -0.1) is 0 Å². The molecule has 0 radical (unpaired) electrons. The molecule has 1 aromatic carbocycles. The van der Waals surface area contributed by atoms with Crippen molar-refractivity contribution in [2.75, 3.05) is 31.1 Å². The molecule has 0 spiro atoms. The predicted octanol–water partition coefficient (Wildman–Crippen LogP) is 2.31. The molecule has 3 aliphatic rings. The number of fused-ring (bicyclic) bond motifs is 2. The summed E-state index contributed by atoms with van der Waals surface area (Å²) in [5.74, 6) is -1.25. The number of halogens is 3. The molecule has 2 aliphatic heterocycles. The number of nitrogens with one attached hydrogen (secondary N) is 1. The van der Waals surface area contributed by atoms with Gasteiger partial charge in [-0.05, 0) is 6.07 Å². The topological polar surface area (TPSA) is 93.0 Å². The van der Waals surface area contributed by atoms with Gasteiger partial charge in [-0.1, -0.05) is 11.6 Å². The molecular weight excluding hydrogens is 424 g/mol. The summed E-state index contributed by atoms with van der Waals surface area (Å²) in [6, 6.07) is 0.402. The Morgan fingerprint density at radius 3 is 2.83 bits per heavy atom. The van der Waals surface area contributed by atoms with Gasteiger partial charge in [0.05, 0.1) is 52.6 Å². The van der Waals surface area contributed by atoms with Gasteiger partial charge in [0.1, 0.15) is 12.0 Å². The van der Waals surface area contributed by atoms with E-state index in [0.29, 0.717) is 26.2 Å². The van der Waals surface area contributed by atoms with Crippen LogP contribution >= 0.6 is 11.6 Å². The molecular formula is C19H18ClF2N3O5. The second-order valence-corrected chi connectivity index (χ2v) is 8.09. The highest BCUT2D eigenvalue weighted by Gasteiger charge is 2.42. The average molecular weight is 442 g/mol. The van der Waals surface area contributed by atoms with Gasteiger partial charge in [0.25, 0.3) is 0 Å². The van der Waals surface area contributed by atoms with Gasteiger partial charge in [0.15, 0.2) is 5.75 Å². The van der Waals surface area contributed by atoms with E-state index in [1.165, 1.54) is 4.57 Å². The fourth-order valence-corrected chi connectivity index (χ4v) is 4.75. The lowest BCUT2D eigenvalue weighted by molar-refractivity contribution is 0.0212. The number of aromatic nitrogens is 1. The van der Waals surface area contributed by atoms with Crippen molar-refractivity contribution in [1.29, 1.82) is 0 Å². The van der Waals surface area contributed by atoms with Gasteiger partial charge in [0, 0.05) is 26.1 Å². The SMILES string of the molecule is O=C(O)Oc1cn([C@@H]2C[C@@H]2F)c2c(Cl)c(N3C[C@@H]4NCCO[C@@H]4C3)c(F)cc2c1=O. The first-order chi connectivity index (χ1) is 14.3. The summed E-state index contributed by atoms with van der Waals surface area (Å²) in [6.07, 6.45) is -1.67. The Bertz CT molecular complexity index is 1100. The molecule has 2 saturated heterocycles. The summed E-state index contributed by atoms with van der Waals surface area (Å²) in [5, 5.41) is 12.0. The molecule has 0 amide bonds. The molecule has 3 heterocycles. The van der Waals surface area contributed by atoms with E-state index in [2.05, 4.69) is 10.1 Å². The lowest BCUT2D eigenvalue weighted by atomic mass is 10.1. The quantitative estimate of drug-likeness (QED) is 0.706. The third kappa shape index (κ3) is 3.10. The molecule has 3 fully saturated rings. The number of pyridine rings is 1. The lowest BCUT2D eigenvalue weighted by Gasteiger charge is -2.25. The van der Waals surface area contributed by atoms with E-state index >= 15 is 4.39 Å². The molecule has 160 valence electrons. The van der Waals surface area contributed by atoms with E-state index in [9.17, 15) is 14.0 Å². The minimum Gasteiger partial charge on any atom is -0.449 e. The van der Waals surface area contributed by atoms with Gasteiger partial charge in [0.2, 0.25) is 5.43 Å². The Kier molecular flexibility index (Phi) is 4.60. The Morgan fingerprint density at radius 1 is 1.40 bits per heavy atom. The number of benzene rings is 1. The summed E-state index contributed by atoms with van der Waals surface area (Å²) < 4.78 is 40.7. The van der Waals surface area contributed by atoms with Crippen molar-refractivity contribution in [2.45, 2.75) is 30.8 Å². The first kappa shape index (κ1) is 19.5. The number of carboxylic acid groups (broad SMARTS) is 1. The van der Waals surface area contributed by atoms with Crippen LogP contribution in [0.1, 0.15) is 12.5 Å². The Hall–Kier alpha value is -2.43. The molecule has 0 bridgehead atoms. The predicted molar refractivity (Wildman–Crippen MR) is 104 cm³/mol. The molecule has 1 aromatic heterocycles. The lowest BCUT2D eigenvalue weighted by Crippen LogP contribution is -2.47. The van der Waals surface area contributed by atoms with Crippen LogP contribution in [0, 0.1) is 5.82 Å². The van der Waals surface area contributed by atoms with Gasteiger partial charge < -0.3 is 29.4 Å². The smallest absolute Gasteiger partial charge is 0.449 e. The Balaban J connectivity index is 1.67. The van der Waals surface area contributed by atoms with Crippen molar-refractivity contribution in [3.8, 4) is 5.75 Å². The largest absolute Gasteiger partial charge is 0.511 e. The minimum atomic E-state index is -1.69. The number of morpholine rings is 1. The molecule has 1 aliphatic carbocycles. The monoisotopic (exact) mass is 441 g/mol. The van der Waals surface area contributed by atoms with Crippen LogP contribution in [0.25, 0.3) is 10.9 Å². The van der Waals surface area contributed by atoms with Crippen LogP contribution in [-0.4, -0.2) is 60.4 Å². The van der Waals surface area contributed by atoms with Crippen LogP contribution in [-0.2, 0) is 4.74 Å². The highest BCUT2D eigenvalue weighted by atomic mass is 35.5. The fourth-order valence-electron chi connectivity index (χ4n) is 4.34. The van der Waals surface area contributed by atoms with Gasteiger partial charge >= 0.3 is 6.16 Å². The molecule has 4 atom stereocenters. The number of hydrogen-bond acceptors (Lipinski definition) is 6. The zero-order valence-electron chi connectivity index (χ0n) is 15.6. The maximum absolute atomic E-state index is 15.1. The normalized spacial score (nSPS) is 27.9. The molecule has 2 aromatic rings. The number of rotatable bonds is 3. The highest BCUT2D eigenvalue weighted by molar-refractivity contribution is 6.38. The minimum absolute atomic E-state index is 0.0251. The van der Waals surface area contributed by atoms with Gasteiger partial charge in [-0.3, -0.25) is 4.79 Å². The van der Waals surface area contributed by atoms with Gasteiger partial charge in [-0.25, -0.2) is 13.6 Å². The van der Waals surface area contributed by atoms with Crippen molar-refractivity contribution >= 4 is 34.3 Å². The first-order valence-corrected chi connectivity index (χ1v) is 9.94. The van der Waals surface area contributed by atoms with E-state index in [4.69, 9.17) is 21.4 Å². The third-order valence-corrected chi connectivity index (χ3v) is 6.17. The summed E-state index contributed by atoms with van der Waals surface area (Å²) in [6.45, 7) is 2.15. The van der Waals surface area contributed by atoms with Crippen molar-refractivity contribution in [3.63, 3.8) is 0 Å². The van der Waals surface area contributed by atoms with Gasteiger partial charge in [-0.2, -0.15) is 0 Å². The van der Waals surface area contributed by atoms with Crippen LogP contribution in [0.3, 0.4) is 0 Å². The number of anilines is 1. The van der Waals surface area contributed by atoms with E-state index in [1.807, 2.05) is 0 Å². The summed E-state index contributed by atoms with van der Waals surface area (Å²) in [7, 11) is 0. The zero-order valence-corrected chi connectivity index (χ0v) is 16.4. The average Bonchev–Trinajstić information content (AvgIpc) is 3.26. The van der Waals surface area contributed by atoms with E-state index in [0.717, 1.165) is 12.3 Å². The number of nitrogens with zero attached hydrogens (tertiary/aromatic N) is 2. The maximum atomic E-state index is 15.1. The number of carbonyl (C=O) groups is 1. The second kappa shape index (κ2) is 7.07. The highest BCUT2D eigenvalue weighted by Crippen LogP contribution is 2.45. The standard InChI is InChI=1S/C19H18ClF2N3O5/c20-15-16-8(18(26)14(30-19(27)28)7-25(16)12-4-9(12)21)3-10(22)17(15)24-5-11-13(6-24)29-2-1-23-11/h3,7,9,11-13,23H,1-2,4-6H2,(H,27,28)/t9-,11-,12+,13+/m0/s1. The van der Waals surface area contributed by atoms with Crippen molar-refractivity contribution in [2.24, 2.45) is 0 Å². The summed E-state index contributed by atoms with van der Waals surface area (Å²) >= 11 is 6.60. The zero-order chi connectivity index (χ0) is 21.2. The summed E-state index contributed by atoms with van der Waals surface area (Å²) in [4.78, 5) is 25.4. The van der Waals surface area contributed by atoms with Crippen LogP contribution < -0.4 is 20.4 Å². The summed E-state index contributed by atoms with van der Waals surface area (Å²) in [5.41, 5.74) is -0.558. The van der Waals surface area contributed by atoms with E-state index in [1.54, 1.807) is 4.90 Å². The van der Waals surface area contributed by atoms with Crippen molar-refractivity contribution in [1.82, 2.24) is 9.88 Å². The van der Waals surface area contributed by atoms with Crippen molar-refractivity contribution in [3.05, 3.63) is 33.3 Å². The number of alkyl halides is 1. The molecule has 2 N–H and O–H groups in total. The molecule has 1 saturated carbocycles. The Labute approximate surface area is 173 Å². The molecule has 5 rings (SSSR count). The van der Waals surface area contributed by atoms with Crippen LogP contribution in [0.15, 0.2) is 17.1 Å². The number of hydrogen-bond donors (Lipinski definition) is 2. The molecule has 30 heavy (non-hydrogen) atoms. The maximum Gasteiger partial charge on any atom is 0.511 e. The Morgan fingerprint density at radius 2 is 2.17 bits per heavy atom. The first-order valence-electron chi connectivity index (χ1n) is 9.56. The fraction of sp³-hybridized carbons (Fsp3) is 0.474. The number of ether oxygens (including phenoxy) is 2. The van der Waals surface area contributed by atoms with Crippen LogP contribution in [0.2, 0.25) is 5.02 Å². The van der Waals surface area contributed by atoms with Crippen LogP contribution in [0.4, 0.5) is 19.3 Å². The molecule has 11 heteroatoms. The second-order valence-electron chi connectivity index (χ2n) is 7.71.